The number of likely N-dealkylation sites (N-methyl/N-ethyl adjacent to an activating group) is 1. The van der Waals surface area contributed by atoms with E-state index in [4.69, 9.17) is 5.73 Å². The summed E-state index contributed by atoms with van der Waals surface area (Å²) in [5.41, 5.74) is 6.35. The molecule has 0 amide bonds. The second-order valence-electron chi connectivity index (χ2n) is 5.90. The lowest BCUT2D eigenvalue weighted by Gasteiger charge is -2.44. The molecule has 0 aliphatic carbocycles. The van der Waals surface area contributed by atoms with Crippen LogP contribution < -0.4 is 5.73 Å². The van der Waals surface area contributed by atoms with Crippen molar-refractivity contribution in [2.75, 3.05) is 26.7 Å². The molecule has 1 aromatic heterocycles. The third-order valence-electron chi connectivity index (χ3n) is 4.03. The van der Waals surface area contributed by atoms with E-state index in [9.17, 15) is 8.42 Å². The molecule has 0 aromatic carbocycles. The lowest BCUT2D eigenvalue weighted by molar-refractivity contribution is 0.0801. The molecule has 0 bridgehead atoms. The van der Waals surface area contributed by atoms with E-state index in [2.05, 4.69) is 15.1 Å². The van der Waals surface area contributed by atoms with Gasteiger partial charge >= 0.3 is 0 Å². The molecule has 3 N–H and O–H groups in total. The number of aromatic nitrogens is 2. The molecule has 0 atom stereocenters. The average molecular weight is 301 g/mol. The fourth-order valence-electron chi connectivity index (χ4n) is 2.48. The van der Waals surface area contributed by atoms with E-state index in [0.717, 1.165) is 0 Å². The minimum atomic E-state index is -3.55. The number of nitrogens with two attached hydrogens (primary N) is 1. The topological polar surface area (TPSA) is 95.3 Å². The van der Waals surface area contributed by atoms with Gasteiger partial charge in [0, 0.05) is 31.7 Å². The van der Waals surface area contributed by atoms with E-state index < -0.39 is 10.0 Å². The van der Waals surface area contributed by atoms with Crippen LogP contribution in [0.15, 0.2) is 4.90 Å². The molecule has 7 nitrogen and oxygen atoms in total. The standard InChI is InChI=1S/C12H23N5O2S/c1-9-11(10(7-13)15-14-9)20(18,19)17-6-5-16(4)12(2,3)8-17/h5-8,13H2,1-4H3,(H,14,15). The molecule has 0 spiro atoms. The number of nitrogens with one attached hydrogen (secondary N) is 1. The monoisotopic (exact) mass is 301 g/mol. The van der Waals surface area contributed by atoms with Crippen molar-refractivity contribution in [2.45, 2.75) is 37.8 Å². The summed E-state index contributed by atoms with van der Waals surface area (Å²) in [5, 5.41) is 6.70. The lowest BCUT2D eigenvalue weighted by atomic mass is 10.0. The number of nitrogens with zero attached hydrogens (tertiary/aromatic N) is 3. The van der Waals surface area contributed by atoms with E-state index in [0.29, 0.717) is 31.0 Å². The van der Waals surface area contributed by atoms with Gasteiger partial charge < -0.3 is 5.73 Å². The molecule has 1 aliphatic heterocycles. The van der Waals surface area contributed by atoms with Gasteiger partial charge in [0.1, 0.15) is 4.90 Å². The van der Waals surface area contributed by atoms with Crippen molar-refractivity contribution in [3.8, 4) is 0 Å². The van der Waals surface area contributed by atoms with Crippen LogP contribution in [0.3, 0.4) is 0 Å². The summed E-state index contributed by atoms with van der Waals surface area (Å²) in [7, 11) is -1.54. The van der Waals surface area contributed by atoms with Gasteiger partial charge in [-0.2, -0.15) is 9.40 Å². The Hall–Kier alpha value is -0.960. The molecule has 114 valence electrons. The number of hydrogen-bond donors (Lipinski definition) is 2. The number of hydrogen-bond acceptors (Lipinski definition) is 5. The number of aryl methyl sites for hydroxylation is 1. The first-order valence-electron chi connectivity index (χ1n) is 6.65. The second-order valence-corrected chi connectivity index (χ2v) is 7.78. The van der Waals surface area contributed by atoms with Crippen LogP contribution in [-0.2, 0) is 16.6 Å². The molecule has 2 heterocycles. The maximum Gasteiger partial charge on any atom is 0.246 e. The lowest BCUT2D eigenvalue weighted by Crippen LogP contribution is -2.58. The van der Waals surface area contributed by atoms with Crippen LogP contribution >= 0.6 is 0 Å². The van der Waals surface area contributed by atoms with Crippen molar-refractivity contribution in [3.63, 3.8) is 0 Å². The Morgan fingerprint density at radius 3 is 2.60 bits per heavy atom. The van der Waals surface area contributed by atoms with E-state index >= 15 is 0 Å². The zero-order valence-corrected chi connectivity index (χ0v) is 13.3. The zero-order chi connectivity index (χ0) is 15.1. The Kier molecular flexibility index (Phi) is 3.94. The summed E-state index contributed by atoms with van der Waals surface area (Å²) in [4.78, 5) is 2.41. The zero-order valence-electron chi connectivity index (χ0n) is 12.5. The van der Waals surface area contributed by atoms with Gasteiger partial charge in [-0.15, -0.1) is 0 Å². The third-order valence-corrected chi connectivity index (χ3v) is 6.08. The van der Waals surface area contributed by atoms with Gasteiger partial charge in [-0.3, -0.25) is 10.00 Å². The second kappa shape index (κ2) is 5.10. The molecule has 0 saturated carbocycles. The highest BCUT2D eigenvalue weighted by Crippen LogP contribution is 2.27. The molecule has 20 heavy (non-hydrogen) atoms. The summed E-state index contributed by atoms with van der Waals surface area (Å²) >= 11 is 0. The van der Waals surface area contributed by atoms with Crippen molar-refractivity contribution >= 4 is 10.0 Å². The number of piperazine rings is 1. The first kappa shape index (κ1) is 15.4. The molecule has 0 unspecified atom stereocenters. The molecule has 1 aromatic rings. The smallest absolute Gasteiger partial charge is 0.246 e. The number of rotatable bonds is 3. The van der Waals surface area contributed by atoms with Gasteiger partial charge in [0.25, 0.3) is 0 Å². The summed E-state index contributed by atoms with van der Waals surface area (Å²) < 4.78 is 27.2. The van der Waals surface area contributed by atoms with Gasteiger partial charge in [0.15, 0.2) is 0 Å². The van der Waals surface area contributed by atoms with E-state index in [1.54, 1.807) is 6.92 Å². The first-order chi connectivity index (χ1) is 9.20. The number of aromatic amines is 1. The number of sulfonamides is 1. The molecular formula is C12H23N5O2S. The Morgan fingerprint density at radius 2 is 2.05 bits per heavy atom. The highest BCUT2D eigenvalue weighted by molar-refractivity contribution is 7.89. The highest BCUT2D eigenvalue weighted by atomic mass is 32.2. The van der Waals surface area contributed by atoms with Crippen molar-refractivity contribution in [1.82, 2.24) is 19.4 Å². The van der Waals surface area contributed by atoms with Gasteiger partial charge in [0.2, 0.25) is 10.0 Å². The third kappa shape index (κ3) is 2.48. The fraction of sp³-hybridized carbons (Fsp3) is 0.750. The van der Waals surface area contributed by atoms with Crippen LogP contribution in [0.25, 0.3) is 0 Å². The maximum absolute atomic E-state index is 12.8. The Labute approximate surface area is 120 Å². The van der Waals surface area contributed by atoms with E-state index in [1.165, 1.54) is 4.31 Å². The normalized spacial score (nSPS) is 21.2. The molecule has 1 fully saturated rings. The van der Waals surface area contributed by atoms with Gasteiger partial charge in [-0.1, -0.05) is 0 Å². The Balaban J connectivity index is 2.39. The highest BCUT2D eigenvalue weighted by Gasteiger charge is 2.39. The molecule has 1 aliphatic rings. The van der Waals surface area contributed by atoms with Gasteiger partial charge in [0.05, 0.1) is 11.4 Å². The minimum Gasteiger partial charge on any atom is -0.325 e. The summed E-state index contributed by atoms with van der Waals surface area (Å²) in [6.45, 7) is 7.55. The maximum atomic E-state index is 12.8. The van der Waals surface area contributed by atoms with Crippen molar-refractivity contribution in [1.29, 1.82) is 0 Å². The Morgan fingerprint density at radius 1 is 1.40 bits per heavy atom. The van der Waals surface area contributed by atoms with E-state index in [-0.39, 0.29) is 17.0 Å². The quantitative estimate of drug-likeness (QED) is 0.812. The fourth-order valence-corrected chi connectivity index (χ4v) is 4.41. The van der Waals surface area contributed by atoms with Crippen LogP contribution in [0.2, 0.25) is 0 Å². The van der Waals surface area contributed by atoms with Gasteiger partial charge in [-0.25, -0.2) is 8.42 Å². The SMILES string of the molecule is Cc1[nH]nc(CN)c1S(=O)(=O)N1CCN(C)C(C)(C)C1. The number of H-pyrrole nitrogens is 1. The molecule has 1 saturated heterocycles. The van der Waals surface area contributed by atoms with Gasteiger partial charge in [-0.05, 0) is 27.8 Å². The molecule has 2 rings (SSSR count). The van der Waals surface area contributed by atoms with Crippen LogP contribution in [0.1, 0.15) is 25.2 Å². The summed E-state index contributed by atoms with van der Waals surface area (Å²) in [6.07, 6.45) is 0. The van der Waals surface area contributed by atoms with Crippen molar-refractivity contribution < 1.29 is 8.42 Å². The molecular weight excluding hydrogens is 278 g/mol. The largest absolute Gasteiger partial charge is 0.325 e. The van der Waals surface area contributed by atoms with Crippen molar-refractivity contribution in [2.24, 2.45) is 5.73 Å². The van der Waals surface area contributed by atoms with Crippen LogP contribution in [0.4, 0.5) is 0 Å². The molecule has 0 radical (unpaired) electrons. The Bertz CT molecular complexity index is 593. The first-order valence-corrected chi connectivity index (χ1v) is 8.09. The summed E-state index contributed by atoms with van der Waals surface area (Å²) in [5.74, 6) is 0. The van der Waals surface area contributed by atoms with Crippen molar-refractivity contribution in [3.05, 3.63) is 11.4 Å². The molecule has 8 heteroatoms. The van der Waals surface area contributed by atoms with Crippen LogP contribution in [0.5, 0.6) is 0 Å². The average Bonchev–Trinajstić information content (AvgIpc) is 2.74. The summed E-state index contributed by atoms with van der Waals surface area (Å²) in [6, 6.07) is 0. The van der Waals surface area contributed by atoms with Crippen LogP contribution in [0, 0.1) is 6.92 Å². The van der Waals surface area contributed by atoms with E-state index in [1.807, 2.05) is 20.9 Å². The van der Waals surface area contributed by atoms with Crippen LogP contribution in [-0.4, -0.2) is 60.0 Å². The predicted octanol–water partition coefficient (Wildman–Crippen LogP) is -0.108. The predicted molar refractivity (Wildman–Crippen MR) is 76.7 cm³/mol. The minimum absolute atomic E-state index is 0.107.